The average molecular weight is 297 g/mol. The Morgan fingerprint density at radius 3 is 2.29 bits per heavy atom. The number of hydrogen-bond donors (Lipinski definition) is 1. The number of rotatable bonds is 4. The molecule has 7 nitrogen and oxygen atoms in total. The van der Waals surface area contributed by atoms with Crippen LogP contribution in [0.3, 0.4) is 0 Å². The minimum atomic E-state index is -0.499. The molecule has 1 aromatic rings. The molecule has 21 heavy (non-hydrogen) atoms. The van der Waals surface area contributed by atoms with E-state index >= 15 is 0 Å². The van der Waals surface area contributed by atoms with Crippen LogP contribution in [-0.4, -0.2) is 50.2 Å². The summed E-state index contributed by atoms with van der Waals surface area (Å²) in [6.45, 7) is 3.14. The number of hydrogen-bond acceptors (Lipinski definition) is 7. The van der Waals surface area contributed by atoms with Gasteiger partial charge in [0.25, 0.3) is 0 Å². The van der Waals surface area contributed by atoms with E-state index in [1.165, 1.54) is 0 Å². The van der Waals surface area contributed by atoms with Gasteiger partial charge < -0.3 is 24.5 Å². The second kappa shape index (κ2) is 6.00. The zero-order valence-corrected chi connectivity index (χ0v) is 12.5. The molecular formula is C14H23N3O4. The highest BCUT2D eigenvalue weighted by molar-refractivity contribution is 5.11. The second-order valence-corrected chi connectivity index (χ2v) is 5.83. The second-order valence-electron chi connectivity index (χ2n) is 5.83. The highest BCUT2D eigenvalue weighted by Crippen LogP contribution is 2.37. The normalized spacial score (nSPS) is 24.9. The van der Waals surface area contributed by atoms with E-state index in [-0.39, 0.29) is 5.41 Å². The number of methoxy groups -OCH3 is 1. The van der Waals surface area contributed by atoms with E-state index in [4.69, 9.17) is 24.5 Å². The van der Waals surface area contributed by atoms with Gasteiger partial charge in [-0.05, 0) is 12.8 Å². The van der Waals surface area contributed by atoms with Gasteiger partial charge >= 0.3 is 0 Å². The first kappa shape index (κ1) is 14.9. The van der Waals surface area contributed by atoms with Crippen LogP contribution in [0.2, 0.25) is 0 Å². The highest BCUT2D eigenvalue weighted by Gasteiger charge is 2.43. The van der Waals surface area contributed by atoms with Crippen LogP contribution in [-0.2, 0) is 25.2 Å². The number of aromatic nitrogens is 2. The topological polar surface area (TPSA) is 92.6 Å². The van der Waals surface area contributed by atoms with Gasteiger partial charge in [0.15, 0.2) is 0 Å². The maximum atomic E-state index is 5.99. The SMILES string of the molecule is COC1(c2noc(C3(CN)CCOCC3)n2)CCOCC1. The molecule has 2 N–H and O–H groups in total. The fourth-order valence-electron chi connectivity index (χ4n) is 3.11. The number of ether oxygens (including phenoxy) is 3. The minimum absolute atomic E-state index is 0.260. The smallest absolute Gasteiger partial charge is 0.234 e. The quantitative estimate of drug-likeness (QED) is 0.875. The lowest BCUT2D eigenvalue weighted by atomic mass is 9.80. The molecule has 0 unspecified atom stereocenters. The Morgan fingerprint density at radius 2 is 1.71 bits per heavy atom. The molecule has 3 rings (SSSR count). The van der Waals surface area contributed by atoms with Gasteiger partial charge in [-0.15, -0.1) is 0 Å². The Morgan fingerprint density at radius 1 is 1.10 bits per heavy atom. The lowest BCUT2D eigenvalue weighted by Crippen LogP contribution is -2.41. The van der Waals surface area contributed by atoms with E-state index in [2.05, 4.69) is 10.1 Å². The summed E-state index contributed by atoms with van der Waals surface area (Å²) in [5.41, 5.74) is 5.23. The molecule has 0 spiro atoms. The molecule has 2 fully saturated rings. The van der Waals surface area contributed by atoms with Gasteiger partial charge in [0.2, 0.25) is 11.7 Å². The third kappa shape index (κ3) is 2.59. The fourth-order valence-corrected chi connectivity index (χ4v) is 3.11. The molecule has 0 radical (unpaired) electrons. The van der Waals surface area contributed by atoms with Crippen molar-refractivity contribution >= 4 is 0 Å². The predicted molar refractivity (Wildman–Crippen MR) is 73.8 cm³/mol. The van der Waals surface area contributed by atoms with Gasteiger partial charge in [-0.25, -0.2) is 0 Å². The summed E-state index contributed by atoms with van der Waals surface area (Å²) in [5.74, 6) is 1.23. The molecule has 2 saturated heterocycles. The van der Waals surface area contributed by atoms with Crippen molar-refractivity contribution in [2.45, 2.75) is 36.7 Å². The molecule has 0 bridgehead atoms. The van der Waals surface area contributed by atoms with E-state index < -0.39 is 5.60 Å². The van der Waals surface area contributed by atoms with Gasteiger partial charge in [-0.3, -0.25) is 0 Å². The Kier molecular flexibility index (Phi) is 4.26. The zero-order valence-electron chi connectivity index (χ0n) is 12.5. The lowest BCUT2D eigenvalue weighted by Gasteiger charge is -2.33. The molecular weight excluding hydrogens is 274 g/mol. The van der Waals surface area contributed by atoms with Crippen LogP contribution in [0.15, 0.2) is 4.52 Å². The van der Waals surface area contributed by atoms with Crippen LogP contribution in [0.5, 0.6) is 0 Å². The van der Waals surface area contributed by atoms with Crippen molar-refractivity contribution < 1.29 is 18.7 Å². The third-order valence-corrected chi connectivity index (χ3v) is 4.82. The number of nitrogens with zero attached hydrogens (tertiary/aromatic N) is 2. The molecule has 2 aliphatic heterocycles. The molecule has 0 aliphatic carbocycles. The van der Waals surface area contributed by atoms with Gasteiger partial charge in [0, 0.05) is 52.9 Å². The van der Waals surface area contributed by atoms with Crippen LogP contribution in [0.25, 0.3) is 0 Å². The summed E-state index contributed by atoms with van der Waals surface area (Å²) in [5, 5.41) is 4.19. The average Bonchev–Trinajstić information content (AvgIpc) is 3.07. The summed E-state index contributed by atoms with van der Waals surface area (Å²) in [6.07, 6.45) is 3.10. The van der Waals surface area contributed by atoms with Crippen LogP contribution in [0.4, 0.5) is 0 Å². The molecule has 0 aromatic carbocycles. The van der Waals surface area contributed by atoms with Crippen LogP contribution in [0, 0.1) is 0 Å². The monoisotopic (exact) mass is 297 g/mol. The number of nitrogens with two attached hydrogens (primary N) is 1. The summed E-state index contributed by atoms with van der Waals surface area (Å²) in [7, 11) is 1.69. The Labute approximate surface area is 124 Å². The molecule has 1 aromatic heterocycles. The molecule has 0 atom stereocenters. The van der Waals surface area contributed by atoms with Crippen molar-refractivity contribution in [3.05, 3.63) is 11.7 Å². The largest absolute Gasteiger partial charge is 0.381 e. The Hall–Kier alpha value is -1.02. The van der Waals surface area contributed by atoms with Gasteiger partial charge in [-0.1, -0.05) is 5.16 Å². The lowest BCUT2D eigenvalue weighted by molar-refractivity contribution is -0.101. The van der Waals surface area contributed by atoms with Gasteiger partial charge in [0.05, 0.1) is 5.41 Å². The third-order valence-electron chi connectivity index (χ3n) is 4.82. The van der Waals surface area contributed by atoms with E-state index in [0.29, 0.717) is 44.7 Å². The van der Waals surface area contributed by atoms with Crippen molar-refractivity contribution in [3.63, 3.8) is 0 Å². The fraction of sp³-hybridized carbons (Fsp3) is 0.857. The first-order valence-corrected chi connectivity index (χ1v) is 7.50. The summed E-state index contributed by atoms with van der Waals surface area (Å²) >= 11 is 0. The maximum absolute atomic E-state index is 5.99. The van der Waals surface area contributed by atoms with Crippen molar-refractivity contribution in [1.29, 1.82) is 0 Å². The van der Waals surface area contributed by atoms with Crippen molar-refractivity contribution in [2.24, 2.45) is 5.73 Å². The molecule has 3 heterocycles. The van der Waals surface area contributed by atoms with E-state index in [1.54, 1.807) is 7.11 Å². The maximum Gasteiger partial charge on any atom is 0.234 e. The van der Waals surface area contributed by atoms with Crippen LogP contribution in [0.1, 0.15) is 37.4 Å². The predicted octanol–water partition coefficient (Wildman–Crippen LogP) is 0.729. The molecule has 7 heteroatoms. The first-order valence-electron chi connectivity index (χ1n) is 7.50. The van der Waals surface area contributed by atoms with E-state index in [0.717, 1.165) is 25.7 Å². The Balaban J connectivity index is 1.88. The highest BCUT2D eigenvalue weighted by atomic mass is 16.5. The van der Waals surface area contributed by atoms with Crippen molar-refractivity contribution in [2.75, 3.05) is 40.1 Å². The molecule has 0 amide bonds. The van der Waals surface area contributed by atoms with Crippen LogP contribution < -0.4 is 5.73 Å². The van der Waals surface area contributed by atoms with E-state index in [9.17, 15) is 0 Å². The Bertz CT molecular complexity index is 424. The standard InChI is InChI=1S/C14H23N3O4/c1-18-14(4-8-20-9-5-14)11-16-12(21-17-11)13(10-15)2-6-19-7-3-13/h2-10,15H2,1H3. The van der Waals surface area contributed by atoms with Crippen LogP contribution >= 0.6 is 0 Å². The summed E-state index contributed by atoms with van der Waals surface area (Å²) < 4.78 is 22.1. The first-order chi connectivity index (χ1) is 10.2. The zero-order chi connectivity index (χ0) is 14.8. The van der Waals surface area contributed by atoms with Gasteiger partial charge in [0.1, 0.15) is 5.60 Å². The van der Waals surface area contributed by atoms with Gasteiger partial charge in [-0.2, -0.15) is 4.98 Å². The van der Waals surface area contributed by atoms with E-state index in [1.807, 2.05) is 0 Å². The molecule has 118 valence electrons. The molecule has 0 saturated carbocycles. The summed E-state index contributed by atoms with van der Waals surface area (Å²) in [6, 6.07) is 0. The molecule has 2 aliphatic rings. The minimum Gasteiger partial charge on any atom is -0.381 e. The summed E-state index contributed by atoms with van der Waals surface area (Å²) in [4.78, 5) is 4.65. The van der Waals surface area contributed by atoms with Crippen molar-refractivity contribution in [1.82, 2.24) is 10.1 Å². The van der Waals surface area contributed by atoms with Crippen molar-refractivity contribution in [3.8, 4) is 0 Å².